The smallest absolute Gasteiger partial charge is 0.230 e. The van der Waals surface area contributed by atoms with Crippen LogP contribution in [0.1, 0.15) is 24.8 Å². The predicted molar refractivity (Wildman–Crippen MR) is 66.0 cm³/mol. The summed E-state index contributed by atoms with van der Waals surface area (Å²) in [7, 11) is 0. The number of carbonyl (C=O) groups is 1. The van der Waals surface area contributed by atoms with E-state index in [-0.39, 0.29) is 11.8 Å². The molecule has 1 saturated carbocycles. The summed E-state index contributed by atoms with van der Waals surface area (Å²) in [4.78, 5) is 15.9. The van der Waals surface area contributed by atoms with E-state index in [4.69, 9.17) is 11.6 Å². The number of nitrogens with one attached hydrogen (secondary N) is 1. The summed E-state index contributed by atoms with van der Waals surface area (Å²) in [6.07, 6.45) is 3.37. The Labute approximate surface area is 105 Å². The van der Waals surface area contributed by atoms with Crippen molar-refractivity contribution >= 4 is 23.2 Å². The van der Waals surface area contributed by atoms with Gasteiger partial charge < -0.3 is 10.4 Å². The van der Waals surface area contributed by atoms with Crippen molar-refractivity contribution in [2.75, 3.05) is 5.32 Å². The van der Waals surface area contributed by atoms with Gasteiger partial charge in [0.2, 0.25) is 5.91 Å². The molecule has 1 fully saturated rings. The Kier molecular flexibility index (Phi) is 3.64. The van der Waals surface area contributed by atoms with Crippen LogP contribution in [-0.4, -0.2) is 22.1 Å². The molecule has 2 atom stereocenters. The van der Waals surface area contributed by atoms with Gasteiger partial charge in [-0.05, 0) is 37.8 Å². The molecule has 0 aliphatic heterocycles. The summed E-state index contributed by atoms with van der Waals surface area (Å²) in [5, 5.41) is 12.8. The summed E-state index contributed by atoms with van der Waals surface area (Å²) in [6.45, 7) is 1.86. The molecule has 92 valence electrons. The number of halogens is 1. The molecule has 1 amide bonds. The molecule has 1 aromatic rings. The van der Waals surface area contributed by atoms with Crippen LogP contribution in [0.2, 0.25) is 5.15 Å². The van der Waals surface area contributed by atoms with E-state index in [1.807, 2.05) is 6.92 Å². The number of amides is 1. The number of aromatic nitrogens is 1. The van der Waals surface area contributed by atoms with Crippen molar-refractivity contribution in [1.29, 1.82) is 0 Å². The maximum Gasteiger partial charge on any atom is 0.230 e. The number of carbonyl (C=O) groups excluding carboxylic acids is 1. The summed E-state index contributed by atoms with van der Waals surface area (Å²) in [5.41, 5.74) is 1.52. The molecular formula is C12H15ClN2O2. The van der Waals surface area contributed by atoms with Gasteiger partial charge in [0.05, 0.1) is 23.9 Å². The van der Waals surface area contributed by atoms with Crippen LogP contribution in [0.15, 0.2) is 12.3 Å². The van der Waals surface area contributed by atoms with Gasteiger partial charge in [-0.1, -0.05) is 11.6 Å². The number of rotatable bonds is 2. The monoisotopic (exact) mass is 254 g/mol. The van der Waals surface area contributed by atoms with Crippen LogP contribution in [-0.2, 0) is 4.79 Å². The van der Waals surface area contributed by atoms with E-state index < -0.39 is 6.10 Å². The number of hydrogen-bond donors (Lipinski definition) is 2. The van der Waals surface area contributed by atoms with Crippen LogP contribution in [0.5, 0.6) is 0 Å². The molecule has 2 rings (SSSR count). The lowest BCUT2D eigenvalue weighted by atomic mass is 10.1. The minimum Gasteiger partial charge on any atom is -0.392 e. The zero-order chi connectivity index (χ0) is 12.4. The van der Waals surface area contributed by atoms with E-state index >= 15 is 0 Å². The highest BCUT2D eigenvalue weighted by Crippen LogP contribution is 2.27. The SMILES string of the molecule is Cc1cc(Cl)ncc1NC(=O)C1CCCC1O. The maximum atomic E-state index is 11.9. The fraction of sp³-hybridized carbons (Fsp3) is 0.500. The lowest BCUT2D eigenvalue weighted by Crippen LogP contribution is -2.28. The van der Waals surface area contributed by atoms with Gasteiger partial charge in [0, 0.05) is 0 Å². The minimum atomic E-state index is -0.518. The van der Waals surface area contributed by atoms with E-state index in [9.17, 15) is 9.90 Å². The molecule has 1 aliphatic rings. The first kappa shape index (κ1) is 12.3. The van der Waals surface area contributed by atoms with E-state index in [1.165, 1.54) is 6.20 Å². The van der Waals surface area contributed by atoms with Gasteiger partial charge in [-0.15, -0.1) is 0 Å². The largest absolute Gasteiger partial charge is 0.392 e. The van der Waals surface area contributed by atoms with E-state index in [1.54, 1.807) is 6.07 Å². The second-order valence-electron chi connectivity index (χ2n) is 4.42. The molecular weight excluding hydrogens is 240 g/mol. The first-order valence-corrected chi connectivity index (χ1v) is 6.07. The molecule has 0 aromatic carbocycles. The molecule has 1 heterocycles. The zero-order valence-corrected chi connectivity index (χ0v) is 10.4. The fourth-order valence-electron chi connectivity index (χ4n) is 2.12. The van der Waals surface area contributed by atoms with Gasteiger partial charge in [-0.2, -0.15) is 0 Å². The molecule has 0 saturated heterocycles. The van der Waals surface area contributed by atoms with Crippen LogP contribution >= 0.6 is 11.6 Å². The van der Waals surface area contributed by atoms with Gasteiger partial charge >= 0.3 is 0 Å². The minimum absolute atomic E-state index is 0.137. The first-order chi connectivity index (χ1) is 8.08. The zero-order valence-electron chi connectivity index (χ0n) is 9.61. The van der Waals surface area contributed by atoms with E-state index in [2.05, 4.69) is 10.3 Å². The predicted octanol–water partition coefficient (Wildman–Crippen LogP) is 2.14. The van der Waals surface area contributed by atoms with Crippen molar-refractivity contribution in [1.82, 2.24) is 4.98 Å². The summed E-state index contributed by atoms with van der Waals surface area (Å²) in [5.74, 6) is -0.438. The number of aliphatic hydroxyl groups excluding tert-OH is 1. The Morgan fingerprint density at radius 1 is 1.59 bits per heavy atom. The van der Waals surface area contributed by atoms with Crippen LogP contribution in [0.25, 0.3) is 0 Å². The molecule has 0 bridgehead atoms. The van der Waals surface area contributed by atoms with Crippen LogP contribution in [0.4, 0.5) is 5.69 Å². The summed E-state index contributed by atoms with van der Waals surface area (Å²) in [6, 6.07) is 1.70. The Morgan fingerprint density at radius 3 is 2.94 bits per heavy atom. The number of aryl methyl sites for hydroxylation is 1. The van der Waals surface area contributed by atoms with E-state index in [0.717, 1.165) is 18.4 Å². The standard InChI is InChI=1S/C12H15ClN2O2/c1-7-5-11(13)14-6-9(7)15-12(17)8-3-2-4-10(8)16/h5-6,8,10,16H,2-4H2,1H3,(H,15,17). The number of aliphatic hydroxyl groups is 1. The number of pyridine rings is 1. The lowest BCUT2D eigenvalue weighted by Gasteiger charge is -2.15. The Morgan fingerprint density at radius 2 is 2.35 bits per heavy atom. The van der Waals surface area contributed by atoms with Crippen molar-refractivity contribution in [2.24, 2.45) is 5.92 Å². The lowest BCUT2D eigenvalue weighted by molar-refractivity contribution is -0.122. The van der Waals surface area contributed by atoms with Gasteiger partial charge in [-0.3, -0.25) is 4.79 Å². The number of anilines is 1. The van der Waals surface area contributed by atoms with E-state index in [0.29, 0.717) is 17.3 Å². The highest BCUT2D eigenvalue weighted by molar-refractivity contribution is 6.29. The van der Waals surface area contributed by atoms with Gasteiger partial charge in [0.1, 0.15) is 5.15 Å². The maximum absolute atomic E-state index is 11.9. The first-order valence-electron chi connectivity index (χ1n) is 5.69. The number of hydrogen-bond acceptors (Lipinski definition) is 3. The molecule has 5 heteroatoms. The van der Waals surface area contributed by atoms with Crippen molar-refractivity contribution in [3.63, 3.8) is 0 Å². The molecule has 0 radical (unpaired) electrons. The van der Waals surface area contributed by atoms with Crippen molar-refractivity contribution in [3.8, 4) is 0 Å². The molecule has 17 heavy (non-hydrogen) atoms. The normalized spacial score (nSPS) is 23.7. The van der Waals surface area contributed by atoms with Crippen LogP contribution < -0.4 is 5.32 Å². The number of nitrogens with zero attached hydrogens (tertiary/aromatic N) is 1. The van der Waals surface area contributed by atoms with Gasteiger partial charge in [-0.25, -0.2) is 4.98 Å². The Hall–Kier alpha value is -1.13. The average Bonchev–Trinajstić information content (AvgIpc) is 2.68. The van der Waals surface area contributed by atoms with Crippen molar-refractivity contribution in [3.05, 3.63) is 23.0 Å². The summed E-state index contributed by atoms with van der Waals surface area (Å²) < 4.78 is 0. The second kappa shape index (κ2) is 5.02. The molecule has 1 aromatic heterocycles. The third-order valence-electron chi connectivity index (χ3n) is 3.15. The van der Waals surface area contributed by atoms with Gasteiger partial charge in [0.15, 0.2) is 0 Å². The van der Waals surface area contributed by atoms with Gasteiger partial charge in [0.25, 0.3) is 0 Å². The topological polar surface area (TPSA) is 62.2 Å². The van der Waals surface area contributed by atoms with Crippen LogP contribution in [0, 0.1) is 12.8 Å². The van der Waals surface area contributed by atoms with Crippen molar-refractivity contribution in [2.45, 2.75) is 32.3 Å². The molecule has 0 spiro atoms. The molecule has 2 unspecified atom stereocenters. The highest BCUT2D eigenvalue weighted by atomic mass is 35.5. The Balaban J connectivity index is 2.07. The van der Waals surface area contributed by atoms with Crippen LogP contribution in [0.3, 0.4) is 0 Å². The summed E-state index contributed by atoms with van der Waals surface area (Å²) >= 11 is 5.74. The fourth-order valence-corrected chi connectivity index (χ4v) is 2.34. The highest BCUT2D eigenvalue weighted by Gasteiger charge is 2.31. The third kappa shape index (κ3) is 2.76. The average molecular weight is 255 g/mol. The van der Waals surface area contributed by atoms with Crippen molar-refractivity contribution < 1.29 is 9.90 Å². The molecule has 1 aliphatic carbocycles. The quantitative estimate of drug-likeness (QED) is 0.795. The Bertz CT molecular complexity index is 437. The second-order valence-corrected chi connectivity index (χ2v) is 4.80. The molecule has 4 nitrogen and oxygen atoms in total. The third-order valence-corrected chi connectivity index (χ3v) is 3.36. The molecule has 2 N–H and O–H groups in total.